The van der Waals surface area contributed by atoms with Crippen molar-refractivity contribution in [2.75, 3.05) is 38.5 Å². The SMILES string of the molecule is CNc1snc(C)c1C(=O)N1CCN(Cc2ccncc2)CC1. The highest BCUT2D eigenvalue weighted by atomic mass is 32.1. The minimum atomic E-state index is 0.0872. The lowest BCUT2D eigenvalue weighted by Crippen LogP contribution is -2.48. The molecule has 1 amide bonds. The van der Waals surface area contributed by atoms with Crippen LogP contribution < -0.4 is 5.32 Å². The number of nitrogens with zero attached hydrogens (tertiary/aromatic N) is 4. The van der Waals surface area contributed by atoms with Crippen LogP contribution in [0.5, 0.6) is 0 Å². The van der Waals surface area contributed by atoms with E-state index in [1.54, 1.807) is 0 Å². The first kappa shape index (κ1) is 15.9. The van der Waals surface area contributed by atoms with E-state index in [0.29, 0.717) is 0 Å². The number of amides is 1. The Kier molecular flexibility index (Phi) is 4.88. The van der Waals surface area contributed by atoms with Crippen LogP contribution in [0.4, 0.5) is 5.00 Å². The molecule has 0 aromatic carbocycles. The average molecular weight is 331 g/mol. The largest absolute Gasteiger partial charge is 0.378 e. The highest BCUT2D eigenvalue weighted by Gasteiger charge is 2.26. The van der Waals surface area contributed by atoms with Gasteiger partial charge in [-0.2, -0.15) is 4.37 Å². The number of rotatable bonds is 4. The van der Waals surface area contributed by atoms with Gasteiger partial charge in [-0.25, -0.2) is 0 Å². The van der Waals surface area contributed by atoms with Gasteiger partial charge in [0.1, 0.15) is 5.00 Å². The third kappa shape index (κ3) is 3.51. The molecule has 0 spiro atoms. The van der Waals surface area contributed by atoms with Gasteiger partial charge in [0.2, 0.25) is 0 Å². The van der Waals surface area contributed by atoms with Gasteiger partial charge in [0.15, 0.2) is 0 Å². The van der Waals surface area contributed by atoms with Gasteiger partial charge in [0.05, 0.1) is 11.3 Å². The summed E-state index contributed by atoms with van der Waals surface area (Å²) in [6, 6.07) is 4.08. The van der Waals surface area contributed by atoms with Crippen molar-refractivity contribution in [3.05, 3.63) is 41.3 Å². The van der Waals surface area contributed by atoms with Gasteiger partial charge in [0.25, 0.3) is 5.91 Å². The molecule has 122 valence electrons. The maximum absolute atomic E-state index is 12.8. The van der Waals surface area contributed by atoms with Crippen molar-refractivity contribution in [1.29, 1.82) is 0 Å². The molecular formula is C16H21N5OS. The van der Waals surface area contributed by atoms with Gasteiger partial charge in [-0.1, -0.05) is 0 Å². The Hall–Kier alpha value is -1.99. The molecule has 3 rings (SSSR count). The van der Waals surface area contributed by atoms with Crippen LogP contribution >= 0.6 is 11.5 Å². The van der Waals surface area contributed by atoms with Crippen LogP contribution in [0.15, 0.2) is 24.5 Å². The lowest BCUT2D eigenvalue weighted by atomic mass is 10.2. The molecule has 0 saturated carbocycles. The molecule has 0 unspecified atom stereocenters. The zero-order valence-electron chi connectivity index (χ0n) is 13.5. The average Bonchev–Trinajstić information content (AvgIpc) is 2.96. The molecule has 3 heterocycles. The van der Waals surface area contributed by atoms with Gasteiger partial charge in [-0.15, -0.1) is 0 Å². The molecule has 0 atom stereocenters. The van der Waals surface area contributed by atoms with E-state index < -0.39 is 0 Å². The van der Waals surface area contributed by atoms with Gasteiger partial charge in [-0.3, -0.25) is 14.7 Å². The fourth-order valence-electron chi connectivity index (χ4n) is 2.81. The second kappa shape index (κ2) is 7.06. The maximum Gasteiger partial charge on any atom is 0.258 e. The summed E-state index contributed by atoms with van der Waals surface area (Å²) in [6.45, 7) is 6.08. The van der Waals surface area contributed by atoms with Crippen LogP contribution in [0.1, 0.15) is 21.6 Å². The third-order valence-electron chi connectivity index (χ3n) is 4.12. The van der Waals surface area contributed by atoms with Crippen LogP contribution in [0.2, 0.25) is 0 Å². The Labute approximate surface area is 140 Å². The Morgan fingerprint density at radius 1 is 1.26 bits per heavy atom. The van der Waals surface area contributed by atoms with Crippen LogP contribution in [0.25, 0.3) is 0 Å². The molecule has 0 radical (unpaired) electrons. The number of anilines is 1. The number of hydrogen-bond donors (Lipinski definition) is 1. The normalized spacial score (nSPS) is 15.7. The summed E-state index contributed by atoms with van der Waals surface area (Å²) in [7, 11) is 1.83. The number of aryl methyl sites for hydroxylation is 1. The van der Waals surface area contributed by atoms with Gasteiger partial charge < -0.3 is 10.2 Å². The molecule has 1 saturated heterocycles. The molecule has 7 heteroatoms. The number of nitrogens with one attached hydrogen (secondary N) is 1. The number of carbonyl (C=O) groups is 1. The quantitative estimate of drug-likeness (QED) is 0.926. The van der Waals surface area contributed by atoms with Crippen LogP contribution in [0.3, 0.4) is 0 Å². The zero-order chi connectivity index (χ0) is 16.2. The summed E-state index contributed by atoms with van der Waals surface area (Å²) in [4.78, 5) is 21.1. The van der Waals surface area contributed by atoms with E-state index in [9.17, 15) is 4.79 Å². The van der Waals surface area contributed by atoms with Crippen molar-refractivity contribution in [1.82, 2.24) is 19.2 Å². The van der Waals surface area contributed by atoms with Crippen molar-refractivity contribution in [2.45, 2.75) is 13.5 Å². The van der Waals surface area contributed by atoms with E-state index in [1.165, 1.54) is 17.1 Å². The van der Waals surface area contributed by atoms with Gasteiger partial charge in [0, 0.05) is 52.2 Å². The summed E-state index contributed by atoms with van der Waals surface area (Å²) < 4.78 is 4.29. The second-order valence-corrected chi connectivity index (χ2v) is 6.42. The van der Waals surface area contributed by atoms with E-state index in [4.69, 9.17) is 0 Å². The lowest BCUT2D eigenvalue weighted by Gasteiger charge is -2.34. The maximum atomic E-state index is 12.8. The number of hydrogen-bond acceptors (Lipinski definition) is 6. The first-order valence-electron chi connectivity index (χ1n) is 7.73. The van der Waals surface area contributed by atoms with Crippen LogP contribution in [0, 0.1) is 6.92 Å². The molecule has 1 aliphatic rings. The topological polar surface area (TPSA) is 61.4 Å². The number of carbonyl (C=O) groups excluding carboxylic acids is 1. The first-order valence-corrected chi connectivity index (χ1v) is 8.51. The molecule has 1 aliphatic heterocycles. The molecular weight excluding hydrogens is 310 g/mol. The predicted octanol–water partition coefficient (Wildman–Crippen LogP) is 1.85. The smallest absolute Gasteiger partial charge is 0.258 e. The van der Waals surface area contributed by atoms with Crippen LogP contribution in [-0.4, -0.2) is 58.3 Å². The lowest BCUT2D eigenvalue weighted by molar-refractivity contribution is 0.0629. The van der Waals surface area contributed by atoms with E-state index >= 15 is 0 Å². The Morgan fingerprint density at radius 2 is 1.96 bits per heavy atom. The molecule has 0 aliphatic carbocycles. The highest BCUT2D eigenvalue weighted by Crippen LogP contribution is 2.25. The summed E-state index contributed by atoms with van der Waals surface area (Å²) in [6.07, 6.45) is 3.64. The van der Waals surface area contributed by atoms with Gasteiger partial charge in [-0.05, 0) is 36.2 Å². The van der Waals surface area contributed by atoms with Crippen molar-refractivity contribution >= 4 is 22.4 Å². The van der Waals surface area contributed by atoms with Gasteiger partial charge >= 0.3 is 0 Å². The molecule has 23 heavy (non-hydrogen) atoms. The molecule has 1 N–H and O–H groups in total. The molecule has 2 aromatic heterocycles. The fourth-order valence-corrected chi connectivity index (χ4v) is 3.54. The van der Waals surface area contributed by atoms with Crippen molar-refractivity contribution in [3.63, 3.8) is 0 Å². The third-order valence-corrected chi connectivity index (χ3v) is 5.07. The standard InChI is InChI=1S/C16H21N5OS/c1-12-14(15(17-2)23-19-12)16(22)21-9-7-20(8-10-21)11-13-3-5-18-6-4-13/h3-6,17H,7-11H2,1-2H3. The minimum Gasteiger partial charge on any atom is -0.378 e. The summed E-state index contributed by atoms with van der Waals surface area (Å²) in [5.41, 5.74) is 2.79. The van der Waals surface area contributed by atoms with E-state index in [1.807, 2.05) is 43.4 Å². The Bertz CT molecular complexity index is 664. The Morgan fingerprint density at radius 3 is 2.61 bits per heavy atom. The summed E-state index contributed by atoms with van der Waals surface area (Å²) in [5, 5.41) is 3.92. The van der Waals surface area contributed by atoms with E-state index in [-0.39, 0.29) is 5.91 Å². The predicted molar refractivity (Wildman–Crippen MR) is 91.8 cm³/mol. The molecule has 6 nitrogen and oxygen atoms in total. The molecule has 0 bridgehead atoms. The minimum absolute atomic E-state index is 0.0872. The summed E-state index contributed by atoms with van der Waals surface area (Å²) in [5.74, 6) is 0.0872. The number of pyridine rings is 1. The number of aromatic nitrogens is 2. The second-order valence-electron chi connectivity index (χ2n) is 5.65. The number of piperazine rings is 1. The van der Waals surface area contributed by atoms with E-state index in [0.717, 1.165) is 49.0 Å². The zero-order valence-corrected chi connectivity index (χ0v) is 14.3. The molecule has 1 fully saturated rings. The molecule has 2 aromatic rings. The first-order chi connectivity index (χ1) is 11.2. The van der Waals surface area contributed by atoms with Crippen molar-refractivity contribution in [3.8, 4) is 0 Å². The van der Waals surface area contributed by atoms with E-state index in [2.05, 4.69) is 19.6 Å². The van der Waals surface area contributed by atoms with Crippen molar-refractivity contribution in [2.24, 2.45) is 0 Å². The fraction of sp³-hybridized carbons (Fsp3) is 0.438. The monoisotopic (exact) mass is 331 g/mol. The summed E-state index contributed by atoms with van der Waals surface area (Å²) >= 11 is 1.35. The van der Waals surface area contributed by atoms with Crippen LogP contribution in [-0.2, 0) is 6.54 Å². The Balaban J connectivity index is 1.60. The highest BCUT2D eigenvalue weighted by molar-refractivity contribution is 7.10. The van der Waals surface area contributed by atoms with Crippen molar-refractivity contribution < 1.29 is 4.79 Å².